The highest BCUT2D eigenvalue weighted by Crippen LogP contribution is 2.36. The van der Waals surface area contributed by atoms with Crippen LogP contribution < -0.4 is 5.32 Å². The molecule has 2 aromatic heterocycles. The fraction of sp³-hybridized carbons (Fsp3) is 0.526. The standard InChI is InChI=1S/C19H24N4O3/c1-14-3-4-16(26-14)17(24)23-10-6-19(7-11-23)13-15(5-12-25-19)22-18-20-8-2-9-21-18/h2-4,8-9,15H,5-7,10-13H2,1H3,(H,20,21,22)/t15-/m1/s1. The molecule has 1 amide bonds. The minimum absolute atomic E-state index is 0.0314. The van der Waals surface area contributed by atoms with Crippen molar-refractivity contribution in [2.24, 2.45) is 0 Å². The molecule has 2 aliphatic rings. The maximum atomic E-state index is 12.6. The predicted octanol–water partition coefficient (Wildman–Crippen LogP) is 2.64. The van der Waals surface area contributed by atoms with Gasteiger partial charge in [-0.1, -0.05) is 0 Å². The van der Waals surface area contributed by atoms with E-state index in [0.29, 0.717) is 30.8 Å². The first kappa shape index (κ1) is 17.0. The lowest BCUT2D eigenvalue weighted by molar-refractivity contribution is -0.110. The Kier molecular flexibility index (Phi) is 4.63. The van der Waals surface area contributed by atoms with Crippen LogP contribution >= 0.6 is 0 Å². The predicted molar refractivity (Wildman–Crippen MR) is 95.9 cm³/mol. The molecule has 26 heavy (non-hydrogen) atoms. The number of piperidine rings is 1. The molecule has 0 unspecified atom stereocenters. The molecule has 138 valence electrons. The quantitative estimate of drug-likeness (QED) is 0.911. The highest BCUT2D eigenvalue weighted by molar-refractivity contribution is 5.91. The highest BCUT2D eigenvalue weighted by atomic mass is 16.5. The Bertz CT molecular complexity index is 753. The molecule has 0 bridgehead atoms. The highest BCUT2D eigenvalue weighted by Gasteiger charge is 2.41. The monoisotopic (exact) mass is 356 g/mol. The summed E-state index contributed by atoms with van der Waals surface area (Å²) in [6.45, 7) is 3.94. The fourth-order valence-electron chi connectivity index (χ4n) is 3.88. The molecule has 0 aromatic carbocycles. The zero-order chi connectivity index (χ0) is 18.0. The van der Waals surface area contributed by atoms with E-state index in [1.54, 1.807) is 18.5 Å². The molecule has 2 aromatic rings. The van der Waals surface area contributed by atoms with E-state index in [4.69, 9.17) is 9.15 Å². The van der Waals surface area contributed by atoms with Gasteiger partial charge in [0.25, 0.3) is 5.91 Å². The maximum Gasteiger partial charge on any atom is 0.289 e. The Balaban J connectivity index is 1.36. The number of amides is 1. The SMILES string of the molecule is Cc1ccc(C(=O)N2CCC3(CC2)C[C@H](Nc2ncccn2)CCO3)o1. The Morgan fingerprint density at radius 3 is 2.73 bits per heavy atom. The minimum Gasteiger partial charge on any atom is -0.456 e. The Morgan fingerprint density at radius 2 is 2.04 bits per heavy atom. The summed E-state index contributed by atoms with van der Waals surface area (Å²) in [6, 6.07) is 5.68. The smallest absolute Gasteiger partial charge is 0.289 e. The largest absolute Gasteiger partial charge is 0.456 e. The third-order valence-electron chi connectivity index (χ3n) is 5.30. The average molecular weight is 356 g/mol. The van der Waals surface area contributed by atoms with Gasteiger partial charge in [-0.2, -0.15) is 0 Å². The number of nitrogens with one attached hydrogen (secondary N) is 1. The molecule has 2 aliphatic heterocycles. The van der Waals surface area contributed by atoms with Crippen LogP contribution in [-0.4, -0.2) is 52.1 Å². The summed E-state index contributed by atoms with van der Waals surface area (Å²) in [7, 11) is 0. The number of nitrogens with zero attached hydrogens (tertiary/aromatic N) is 3. The van der Waals surface area contributed by atoms with Gasteiger partial charge in [-0.05, 0) is 50.8 Å². The molecule has 7 nitrogen and oxygen atoms in total. The number of ether oxygens (including phenoxy) is 1. The number of anilines is 1. The van der Waals surface area contributed by atoms with Crippen LogP contribution in [0.2, 0.25) is 0 Å². The fourth-order valence-corrected chi connectivity index (χ4v) is 3.88. The van der Waals surface area contributed by atoms with E-state index in [9.17, 15) is 4.79 Å². The second kappa shape index (κ2) is 7.07. The summed E-state index contributed by atoms with van der Waals surface area (Å²) in [5.41, 5.74) is -0.166. The minimum atomic E-state index is -0.166. The van der Waals surface area contributed by atoms with Gasteiger partial charge in [-0.15, -0.1) is 0 Å². The summed E-state index contributed by atoms with van der Waals surface area (Å²) in [6.07, 6.45) is 7.01. The van der Waals surface area contributed by atoms with E-state index in [-0.39, 0.29) is 11.5 Å². The Labute approximate surface area is 152 Å². The number of hydrogen-bond donors (Lipinski definition) is 1. The van der Waals surface area contributed by atoms with Crippen LogP contribution in [-0.2, 0) is 4.74 Å². The zero-order valence-corrected chi connectivity index (χ0v) is 15.0. The van der Waals surface area contributed by atoms with Crippen molar-refractivity contribution in [1.29, 1.82) is 0 Å². The van der Waals surface area contributed by atoms with E-state index < -0.39 is 0 Å². The van der Waals surface area contributed by atoms with Crippen LogP contribution in [0.4, 0.5) is 5.95 Å². The molecule has 4 heterocycles. The normalized spacial score (nSPS) is 22.3. The molecule has 2 saturated heterocycles. The van der Waals surface area contributed by atoms with Gasteiger partial charge in [0, 0.05) is 38.1 Å². The molecule has 2 fully saturated rings. The lowest BCUT2D eigenvalue weighted by Crippen LogP contribution is -2.52. The second-order valence-electron chi connectivity index (χ2n) is 7.14. The van der Waals surface area contributed by atoms with E-state index in [0.717, 1.165) is 38.1 Å². The van der Waals surface area contributed by atoms with Crippen molar-refractivity contribution in [3.63, 3.8) is 0 Å². The molecule has 7 heteroatoms. The first-order chi connectivity index (χ1) is 12.6. The number of likely N-dealkylation sites (tertiary alicyclic amines) is 1. The molecule has 0 radical (unpaired) electrons. The van der Waals surface area contributed by atoms with Crippen molar-refractivity contribution >= 4 is 11.9 Å². The van der Waals surface area contributed by atoms with E-state index in [2.05, 4.69) is 15.3 Å². The summed E-state index contributed by atoms with van der Waals surface area (Å²) in [5.74, 6) is 1.81. The topological polar surface area (TPSA) is 80.5 Å². The van der Waals surface area contributed by atoms with Crippen molar-refractivity contribution in [2.45, 2.75) is 44.2 Å². The van der Waals surface area contributed by atoms with Crippen molar-refractivity contribution in [2.75, 3.05) is 25.0 Å². The average Bonchev–Trinajstić information content (AvgIpc) is 3.09. The number of aromatic nitrogens is 2. The van der Waals surface area contributed by atoms with E-state index in [1.807, 2.05) is 24.0 Å². The van der Waals surface area contributed by atoms with Crippen molar-refractivity contribution in [1.82, 2.24) is 14.9 Å². The van der Waals surface area contributed by atoms with Gasteiger partial charge in [-0.3, -0.25) is 4.79 Å². The summed E-state index contributed by atoms with van der Waals surface area (Å²) >= 11 is 0. The number of carbonyl (C=O) groups is 1. The lowest BCUT2D eigenvalue weighted by Gasteiger charge is -2.46. The van der Waals surface area contributed by atoms with Crippen LogP contribution in [0.3, 0.4) is 0 Å². The Hall–Kier alpha value is -2.41. The third kappa shape index (κ3) is 3.58. The summed E-state index contributed by atoms with van der Waals surface area (Å²) < 4.78 is 11.6. The molecule has 0 saturated carbocycles. The lowest BCUT2D eigenvalue weighted by atomic mass is 9.82. The molecule has 4 rings (SSSR count). The first-order valence-corrected chi connectivity index (χ1v) is 9.17. The summed E-state index contributed by atoms with van der Waals surface area (Å²) in [4.78, 5) is 22.9. The van der Waals surface area contributed by atoms with Crippen LogP contribution in [0.15, 0.2) is 35.0 Å². The molecular weight excluding hydrogens is 332 g/mol. The zero-order valence-electron chi connectivity index (χ0n) is 15.0. The van der Waals surface area contributed by atoms with E-state index in [1.165, 1.54) is 0 Å². The number of furan rings is 1. The van der Waals surface area contributed by atoms with Crippen molar-refractivity contribution in [3.8, 4) is 0 Å². The van der Waals surface area contributed by atoms with Gasteiger partial charge in [0.05, 0.1) is 5.60 Å². The van der Waals surface area contributed by atoms with Crippen LogP contribution in [0.5, 0.6) is 0 Å². The summed E-state index contributed by atoms with van der Waals surface area (Å²) in [5, 5.41) is 3.42. The molecule has 0 aliphatic carbocycles. The number of aryl methyl sites for hydroxylation is 1. The molecule has 1 N–H and O–H groups in total. The molecular formula is C19H24N4O3. The number of rotatable bonds is 3. The maximum absolute atomic E-state index is 12.6. The second-order valence-corrected chi connectivity index (χ2v) is 7.14. The van der Waals surface area contributed by atoms with Gasteiger partial charge >= 0.3 is 0 Å². The van der Waals surface area contributed by atoms with Crippen LogP contribution in [0, 0.1) is 6.92 Å². The van der Waals surface area contributed by atoms with Crippen molar-refractivity contribution < 1.29 is 13.9 Å². The third-order valence-corrected chi connectivity index (χ3v) is 5.30. The van der Waals surface area contributed by atoms with Gasteiger partial charge in [0.2, 0.25) is 5.95 Å². The van der Waals surface area contributed by atoms with Crippen LogP contribution in [0.1, 0.15) is 42.0 Å². The van der Waals surface area contributed by atoms with Gasteiger partial charge < -0.3 is 19.4 Å². The first-order valence-electron chi connectivity index (χ1n) is 9.17. The number of hydrogen-bond acceptors (Lipinski definition) is 6. The van der Waals surface area contributed by atoms with Crippen LogP contribution in [0.25, 0.3) is 0 Å². The van der Waals surface area contributed by atoms with Crippen molar-refractivity contribution in [3.05, 3.63) is 42.1 Å². The molecule has 1 spiro atoms. The van der Waals surface area contributed by atoms with Gasteiger partial charge in [0.1, 0.15) is 5.76 Å². The number of carbonyl (C=O) groups excluding carboxylic acids is 1. The molecule has 1 atom stereocenters. The van der Waals surface area contributed by atoms with Gasteiger partial charge in [0.15, 0.2) is 5.76 Å². The van der Waals surface area contributed by atoms with E-state index >= 15 is 0 Å². The Morgan fingerprint density at radius 1 is 1.27 bits per heavy atom. The van der Waals surface area contributed by atoms with Gasteiger partial charge in [-0.25, -0.2) is 9.97 Å².